The molecule has 4 rings (SSSR count). The Bertz CT molecular complexity index is 1000. The van der Waals surface area contributed by atoms with Crippen LogP contribution in [0.1, 0.15) is 13.3 Å². The Hall–Kier alpha value is -2.86. The number of rotatable bonds is 4. The fraction of sp³-hybridized carbons (Fsp3) is 0.158. The first-order valence-electron chi connectivity index (χ1n) is 8.10. The standard InChI is InChI=1S/C19H16ClFN4O/c1-19(7-2-8-26-19)25-13-4-6-17-14(9-13)18(23-11-22-17)24-12-3-5-16(21)15(20)10-12/h2-6,8-11,25H,7H2,1H3,(H,22,23,24). The van der Waals surface area contributed by atoms with Gasteiger partial charge in [0.2, 0.25) is 0 Å². The number of halogens is 2. The second-order valence-electron chi connectivity index (χ2n) is 6.26. The summed E-state index contributed by atoms with van der Waals surface area (Å²) in [6.45, 7) is 1.98. The largest absolute Gasteiger partial charge is 0.476 e. The first-order valence-corrected chi connectivity index (χ1v) is 8.48. The van der Waals surface area contributed by atoms with E-state index in [-0.39, 0.29) is 5.02 Å². The Morgan fingerprint density at radius 2 is 2.00 bits per heavy atom. The quantitative estimate of drug-likeness (QED) is 0.658. The average Bonchev–Trinajstić information content (AvgIpc) is 3.05. The van der Waals surface area contributed by atoms with Gasteiger partial charge < -0.3 is 15.4 Å². The van der Waals surface area contributed by atoms with Gasteiger partial charge >= 0.3 is 0 Å². The highest BCUT2D eigenvalue weighted by molar-refractivity contribution is 6.31. The summed E-state index contributed by atoms with van der Waals surface area (Å²) in [4.78, 5) is 8.61. The zero-order valence-electron chi connectivity index (χ0n) is 14.0. The van der Waals surface area contributed by atoms with Crippen LogP contribution in [0.25, 0.3) is 10.9 Å². The molecule has 2 heterocycles. The minimum atomic E-state index is -0.471. The molecule has 0 radical (unpaired) electrons. The Labute approximate surface area is 154 Å². The van der Waals surface area contributed by atoms with Crippen LogP contribution in [0.2, 0.25) is 5.02 Å². The molecule has 1 aliphatic heterocycles. The number of aromatic nitrogens is 2. The molecule has 26 heavy (non-hydrogen) atoms. The van der Waals surface area contributed by atoms with Gasteiger partial charge in [0.05, 0.1) is 16.8 Å². The molecule has 1 atom stereocenters. The fourth-order valence-electron chi connectivity index (χ4n) is 2.85. The molecule has 0 bridgehead atoms. The van der Waals surface area contributed by atoms with Crippen molar-refractivity contribution in [2.24, 2.45) is 0 Å². The molecule has 3 aromatic rings. The van der Waals surface area contributed by atoms with E-state index in [1.807, 2.05) is 31.2 Å². The zero-order valence-corrected chi connectivity index (χ0v) is 14.7. The number of nitrogens with one attached hydrogen (secondary N) is 2. The second kappa shape index (κ2) is 6.46. The molecule has 1 unspecified atom stereocenters. The Kier molecular flexibility index (Phi) is 4.12. The number of benzene rings is 2. The van der Waals surface area contributed by atoms with Gasteiger partial charge in [-0.1, -0.05) is 11.6 Å². The monoisotopic (exact) mass is 370 g/mol. The summed E-state index contributed by atoms with van der Waals surface area (Å²) < 4.78 is 19.0. The number of anilines is 3. The normalized spacial score (nSPS) is 18.7. The summed E-state index contributed by atoms with van der Waals surface area (Å²) >= 11 is 5.86. The van der Waals surface area contributed by atoms with E-state index in [1.165, 1.54) is 18.5 Å². The molecule has 5 nitrogen and oxygen atoms in total. The van der Waals surface area contributed by atoms with E-state index >= 15 is 0 Å². The van der Waals surface area contributed by atoms with E-state index in [0.717, 1.165) is 23.0 Å². The van der Waals surface area contributed by atoms with E-state index < -0.39 is 11.5 Å². The van der Waals surface area contributed by atoms with Gasteiger partial charge in [0, 0.05) is 23.2 Å². The Balaban J connectivity index is 1.67. The number of fused-ring (bicyclic) bond motifs is 1. The smallest absolute Gasteiger partial charge is 0.180 e. The lowest BCUT2D eigenvalue weighted by molar-refractivity contribution is 0.0921. The predicted molar refractivity (Wildman–Crippen MR) is 101 cm³/mol. The molecule has 0 saturated heterocycles. The number of hydrogen-bond acceptors (Lipinski definition) is 5. The topological polar surface area (TPSA) is 59.1 Å². The third kappa shape index (κ3) is 3.28. The first-order chi connectivity index (χ1) is 12.5. The minimum Gasteiger partial charge on any atom is -0.476 e. The molecule has 0 aliphatic carbocycles. The fourth-order valence-corrected chi connectivity index (χ4v) is 3.03. The first kappa shape index (κ1) is 16.6. The molecule has 132 valence electrons. The highest BCUT2D eigenvalue weighted by Crippen LogP contribution is 2.30. The molecule has 2 N–H and O–H groups in total. The summed E-state index contributed by atoms with van der Waals surface area (Å²) in [7, 11) is 0. The van der Waals surface area contributed by atoms with Gasteiger partial charge in [-0.15, -0.1) is 0 Å². The van der Waals surface area contributed by atoms with Crippen molar-refractivity contribution in [2.45, 2.75) is 19.1 Å². The summed E-state index contributed by atoms with van der Waals surface area (Å²) in [5.74, 6) is 0.145. The molecular weight excluding hydrogens is 355 g/mol. The lowest BCUT2D eigenvalue weighted by Crippen LogP contribution is -2.33. The lowest BCUT2D eigenvalue weighted by atomic mass is 10.1. The second-order valence-corrected chi connectivity index (χ2v) is 6.66. The SMILES string of the molecule is CC1(Nc2ccc3ncnc(Nc4ccc(F)c(Cl)c4)c3c2)CC=CO1. The van der Waals surface area contributed by atoms with Crippen LogP contribution < -0.4 is 10.6 Å². The van der Waals surface area contributed by atoms with Crippen molar-refractivity contribution in [3.05, 3.63) is 65.9 Å². The van der Waals surface area contributed by atoms with E-state index in [9.17, 15) is 4.39 Å². The Morgan fingerprint density at radius 3 is 2.77 bits per heavy atom. The van der Waals surface area contributed by atoms with Crippen LogP contribution in [0.3, 0.4) is 0 Å². The van der Waals surface area contributed by atoms with Crippen molar-refractivity contribution in [3.63, 3.8) is 0 Å². The van der Waals surface area contributed by atoms with E-state index in [0.29, 0.717) is 11.5 Å². The summed E-state index contributed by atoms with van der Waals surface area (Å²) in [5, 5.41) is 7.43. The van der Waals surface area contributed by atoms with Crippen LogP contribution in [-0.4, -0.2) is 15.7 Å². The van der Waals surface area contributed by atoms with Crippen LogP contribution in [0.4, 0.5) is 21.6 Å². The molecule has 0 spiro atoms. The van der Waals surface area contributed by atoms with Crippen molar-refractivity contribution in [1.82, 2.24) is 9.97 Å². The molecule has 1 aromatic heterocycles. The van der Waals surface area contributed by atoms with Crippen LogP contribution in [0.5, 0.6) is 0 Å². The molecule has 0 amide bonds. The van der Waals surface area contributed by atoms with E-state index in [2.05, 4.69) is 20.6 Å². The Morgan fingerprint density at radius 1 is 1.15 bits per heavy atom. The highest BCUT2D eigenvalue weighted by Gasteiger charge is 2.26. The van der Waals surface area contributed by atoms with Gasteiger partial charge in [0.25, 0.3) is 0 Å². The van der Waals surface area contributed by atoms with Crippen LogP contribution in [0.15, 0.2) is 55.1 Å². The molecule has 1 aliphatic rings. The number of ether oxygens (including phenoxy) is 1. The minimum absolute atomic E-state index is 0.0505. The lowest BCUT2D eigenvalue weighted by Gasteiger charge is -2.26. The number of hydrogen-bond donors (Lipinski definition) is 2. The van der Waals surface area contributed by atoms with Gasteiger partial charge in [-0.05, 0) is 49.4 Å². The van der Waals surface area contributed by atoms with E-state index in [1.54, 1.807) is 12.3 Å². The predicted octanol–water partition coefficient (Wildman–Crippen LogP) is 5.23. The van der Waals surface area contributed by atoms with Crippen molar-refractivity contribution in [2.75, 3.05) is 10.6 Å². The van der Waals surface area contributed by atoms with Crippen LogP contribution >= 0.6 is 11.6 Å². The highest BCUT2D eigenvalue weighted by atomic mass is 35.5. The van der Waals surface area contributed by atoms with Crippen molar-refractivity contribution in [1.29, 1.82) is 0 Å². The number of nitrogens with zero attached hydrogens (tertiary/aromatic N) is 2. The van der Waals surface area contributed by atoms with Gasteiger partial charge in [0.1, 0.15) is 18.0 Å². The summed E-state index contributed by atoms with van der Waals surface area (Å²) in [6, 6.07) is 10.2. The third-order valence-corrected chi connectivity index (χ3v) is 4.45. The van der Waals surface area contributed by atoms with Crippen LogP contribution in [0, 0.1) is 5.82 Å². The molecular formula is C19H16ClFN4O. The zero-order chi connectivity index (χ0) is 18.1. The third-order valence-electron chi connectivity index (χ3n) is 4.16. The van der Waals surface area contributed by atoms with Gasteiger partial charge in [-0.25, -0.2) is 14.4 Å². The summed E-state index contributed by atoms with van der Waals surface area (Å²) in [5.41, 5.74) is 1.85. The average molecular weight is 371 g/mol. The molecule has 7 heteroatoms. The maximum Gasteiger partial charge on any atom is 0.180 e. The molecule has 0 fully saturated rings. The maximum absolute atomic E-state index is 13.4. The summed E-state index contributed by atoms with van der Waals surface area (Å²) in [6.07, 6.45) is 5.93. The van der Waals surface area contributed by atoms with E-state index in [4.69, 9.17) is 16.3 Å². The van der Waals surface area contributed by atoms with Gasteiger partial charge in [-0.2, -0.15) is 0 Å². The van der Waals surface area contributed by atoms with Crippen molar-refractivity contribution in [3.8, 4) is 0 Å². The van der Waals surface area contributed by atoms with Crippen molar-refractivity contribution < 1.29 is 9.13 Å². The van der Waals surface area contributed by atoms with Crippen molar-refractivity contribution >= 4 is 39.7 Å². The van der Waals surface area contributed by atoms with Gasteiger partial charge in [0.15, 0.2) is 5.72 Å². The van der Waals surface area contributed by atoms with Crippen LogP contribution in [-0.2, 0) is 4.74 Å². The van der Waals surface area contributed by atoms with Gasteiger partial charge in [-0.3, -0.25) is 0 Å². The molecule has 2 aromatic carbocycles. The maximum atomic E-state index is 13.4. The molecule has 0 saturated carbocycles.